The van der Waals surface area contributed by atoms with Gasteiger partial charge in [0, 0.05) is 11.3 Å². The van der Waals surface area contributed by atoms with Crippen molar-refractivity contribution in [3.8, 4) is 0 Å². The molecule has 1 rings (SSSR count). The molecule has 1 amide bonds. The average molecular weight is 229 g/mol. The molecule has 3 nitrogen and oxygen atoms in total. The van der Waals surface area contributed by atoms with Crippen molar-refractivity contribution in [2.75, 3.05) is 19.3 Å². The molecule has 1 heterocycles. The number of hydrogen-bond donors (Lipinski definition) is 0. The van der Waals surface area contributed by atoms with Crippen molar-refractivity contribution in [1.29, 1.82) is 0 Å². The zero-order chi connectivity index (χ0) is 11.5. The Morgan fingerprint density at radius 2 is 1.93 bits per heavy atom. The molecule has 1 aliphatic heterocycles. The topological polar surface area (TPSA) is 37.4 Å². The number of thioether (sulfide) groups is 1. The van der Waals surface area contributed by atoms with E-state index < -0.39 is 0 Å². The molecule has 0 radical (unpaired) electrons. The highest BCUT2D eigenvalue weighted by Gasteiger charge is 2.34. The Hall–Kier alpha value is -0.510. The largest absolute Gasteiger partial charge is 0.334 e. The van der Waals surface area contributed by atoms with E-state index in [-0.39, 0.29) is 22.9 Å². The van der Waals surface area contributed by atoms with E-state index in [1.54, 1.807) is 16.7 Å². The molecule has 0 N–H and O–H groups in total. The summed E-state index contributed by atoms with van der Waals surface area (Å²) in [5.41, 5.74) is 0. The van der Waals surface area contributed by atoms with Crippen molar-refractivity contribution in [2.45, 2.75) is 37.9 Å². The lowest BCUT2D eigenvalue weighted by atomic mass is 10.0. The summed E-state index contributed by atoms with van der Waals surface area (Å²) in [7, 11) is 0. The lowest BCUT2D eigenvalue weighted by molar-refractivity contribution is -0.128. The molecule has 0 spiro atoms. The first kappa shape index (κ1) is 12.6. The minimum absolute atomic E-state index is 0.000301. The van der Waals surface area contributed by atoms with Crippen LogP contribution in [-0.4, -0.2) is 40.7 Å². The van der Waals surface area contributed by atoms with E-state index in [0.717, 1.165) is 12.8 Å². The van der Waals surface area contributed by atoms with Gasteiger partial charge in [-0.1, -0.05) is 13.8 Å². The molecule has 0 aromatic carbocycles. The summed E-state index contributed by atoms with van der Waals surface area (Å²) in [5, 5.41) is 0. The van der Waals surface area contributed by atoms with Crippen LogP contribution in [0.1, 0.15) is 33.1 Å². The average Bonchev–Trinajstić information content (AvgIpc) is 2.54. The summed E-state index contributed by atoms with van der Waals surface area (Å²) in [6, 6.07) is 0. The van der Waals surface area contributed by atoms with Crippen LogP contribution in [0.15, 0.2) is 0 Å². The normalized spacial score (nSPS) is 17.7. The van der Waals surface area contributed by atoms with Crippen LogP contribution in [0.4, 0.5) is 0 Å². The molecule has 1 fully saturated rings. The van der Waals surface area contributed by atoms with Crippen molar-refractivity contribution in [3.05, 3.63) is 0 Å². The van der Waals surface area contributed by atoms with Gasteiger partial charge in [-0.2, -0.15) is 11.8 Å². The van der Waals surface area contributed by atoms with E-state index in [4.69, 9.17) is 0 Å². The van der Waals surface area contributed by atoms with Crippen LogP contribution in [0.2, 0.25) is 0 Å². The molecule has 0 aliphatic carbocycles. The fraction of sp³-hybridized carbons (Fsp3) is 0.818. The Bertz CT molecular complexity index is 253. The Kier molecular flexibility index (Phi) is 4.20. The molecule has 0 aromatic rings. The maximum atomic E-state index is 11.5. The van der Waals surface area contributed by atoms with Gasteiger partial charge in [-0.05, 0) is 19.1 Å². The van der Waals surface area contributed by atoms with Crippen LogP contribution < -0.4 is 0 Å². The molecular weight excluding hydrogens is 210 g/mol. The second-order valence-corrected chi connectivity index (χ2v) is 5.33. The van der Waals surface area contributed by atoms with E-state index in [1.165, 1.54) is 0 Å². The number of carbonyl (C=O) groups is 2. The van der Waals surface area contributed by atoms with E-state index in [0.29, 0.717) is 13.1 Å². The zero-order valence-corrected chi connectivity index (χ0v) is 10.5. The number of Topliss-reactive ketones (excluding diaryl/α,β-unsaturated/α-hetero) is 1. The minimum atomic E-state index is 0.000301. The Morgan fingerprint density at radius 1 is 1.33 bits per heavy atom. The predicted molar refractivity (Wildman–Crippen MR) is 63.0 cm³/mol. The van der Waals surface area contributed by atoms with Gasteiger partial charge in [0.1, 0.15) is 0 Å². The summed E-state index contributed by atoms with van der Waals surface area (Å²) in [6.45, 7) is 5.32. The predicted octanol–water partition coefficient (Wildman–Crippen LogP) is 1.71. The third-order valence-corrected chi connectivity index (χ3v) is 4.84. The summed E-state index contributed by atoms with van der Waals surface area (Å²) in [5.74, 6) is 0.0579. The first-order valence-electron chi connectivity index (χ1n) is 5.41. The van der Waals surface area contributed by atoms with Crippen molar-refractivity contribution in [1.82, 2.24) is 4.90 Å². The van der Waals surface area contributed by atoms with Gasteiger partial charge in [0.15, 0.2) is 5.78 Å². The number of nitrogens with zero attached hydrogens (tertiary/aromatic N) is 1. The summed E-state index contributed by atoms with van der Waals surface area (Å²) < 4.78 is 0.125. The van der Waals surface area contributed by atoms with Gasteiger partial charge in [0.2, 0.25) is 5.91 Å². The van der Waals surface area contributed by atoms with Crippen LogP contribution >= 0.6 is 11.8 Å². The molecule has 0 bridgehead atoms. The molecule has 1 saturated heterocycles. The van der Waals surface area contributed by atoms with Gasteiger partial charge < -0.3 is 4.90 Å². The molecule has 86 valence electrons. The lowest BCUT2D eigenvalue weighted by Gasteiger charge is -2.33. The van der Waals surface area contributed by atoms with E-state index in [1.807, 2.05) is 0 Å². The molecule has 0 aromatic heterocycles. The first-order chi connectivity index (χ1) is 7.06. The second-order valence-electron chi connectivity index (χ2n) is 4.06. The van der Waals surface area contributed by atoms with Gasteiger partial charge >= 0.3 is 0 Å². The van der Waals surface area contributed by atoms with Gasteiger partial charge in [-0.3, -0.25) is 9.59 Å². The molecular formula is C11H19NO2S. The fourth-order valence-corrected chi connectivity index (χ4v) is 2.82. The van der Waals surface area contributed by atoms with Crippen LogP contribution in [-0.2, 0) is 9.59 Å². The van der Waals surface area contributed by atoms with Gasteiger partial charge in [-0.15, -0.1) is 0 Å². The monoisotopic (exact) mass is 229 g/mol. The van der Waals surface area contributed by atoms with Crippen LogP contribution in [0.25, 0.3) is 0 Å². The first-order valence-corrected chi connectivity index (χ1v) is 6.64. The maximum absolute atomic E-state index is 11.5. The van der Waals surface area contributed by atoms with E-state index in [9.17, 15) is 9.59 Å². The lowest BCUT2D eigenvalue weighted by Crippen LogP contribution is -2.40. The van der Waals surface area contributed by atoms with E-state index in [2.05, 4.69) is 20.1 Å². The molecule has 4 heteroatoms. The van der Waals surface area contributed by atoms with Crippen molar-refractivity contribution in [2.24, 2.45) is 0 Å². The smallest absolute Gasteiger partial charge is 0.230 e. The molecule has 0 unspecified atom stereocenters. The minimum Gasteiger partial charge on any atom is -0.334 e. The van der Waals surface area contributed by atoms with Crippen LogP contribution in [0.3, 0.4) is 0 Å². The fourth-order valence-electron chi connectivity index (χ4n) is 1.96. The molecule has 15 heavy (non-hydrogen) atoms. The molecule has 0 atom stereocenters. The molecule has 1 aliphatic rings. The SMILES string of the molecule is CCC(CC)(CN1CC(=O)CC1=O)SC. The second kappa shape index (κ2) is 5.01. The number of amides is 1. The van der Waals surface area contributed by atoms with Gasteiger partial charge in [0.25, 0.3) is 0 Å². The Balaban J connectivity index is 2.66. The zero-order valence-electron chi connectivity index (χ0n) is 9.71. The quantitative estimate of drug-likeness (QED) is 0.673. The highest BCUT2D eigenvalue weighted by Crippen LogP contribution is 2.32. The summed E-state index contributed by atoms with van der Waals surface area (Å²) in [6.07, 6.45) is 4.25. The number of likely N-dealkylation sites (tertiary alicyclic amines) is 1. The van der Waals surface area contributed by atoms with Crippen molar-refractivity contribution >= 4 is 23.5 Å². The summed E-state index contributed by atoms with van der Waals surface area (Å²) in [4.78, 5) is 24.4. The van der Waals surface area contributed by atoms with E-state index >= 15 is 0 Å². The van der Waals surface area contributed by atoms with Crippen molar-refractivity contribution in [3.63, 3.8) is 0 Å². The number of hydrogen-bond acceptors (Lipinski definition) is 3. The number of ketones is 1. The maximum Gasteiger partial charge on any atom is 0.230 e. The number of rotatable bonds is 5. The number of carbonyl (C=O) groups excluding carboxylic acids is 2. The third-order valence-electron chi connectivity index (χ3n) is 3.27. The summed E-state index contributed by atoms with van der Waals surface area (Å²) >= 11 is 1.80. The highest BCUT2D eigenvalue weighted by atomic mass is 32.2. The standard InChI is InChI=1S/C11H19NO2S/c1-4-11(5-2,15-3)8-12-7-9(13)6-10(12)14/h4-8H2,1-3H3. The van der Waals surface area contributed by atoms with Crippen molar-refractivity contribution < 1.29 is 9.59 Å². The Morgan fingerprint density at radius 3 is 2.27 bits per heavy atom. The molecule has 0 saturated carbocycles. The van der Waals surface area contributed by atoms with Gasteiger partial charge in [0.05, 0.1) is 13.0 Å². The highest BCUT2D eigenvalue weighted by molar-refractivity contribution is 8.00. The van der Waals surface area contributed by atoms with Crippen LogP contribution in [0.5, 0.6) is 0 Å². The van der Waals surface area contributed by atoms with Crippen LogP contribution in [0, 0.1) is 0 Å². The third kappa shape index (κ3) is 2.74. The van der Waals surface area contributed by atoms with Gasteiger partial charge in [-0.25, -0.2) is 0 Å². The Labute approximate surface area is 95.6 Å².